The van der Waals surface area contributed by atoms with E-state index in [2.05, 4.69) is 6.58 Å². The lowest BCUT2D eigenvalue weighted by atomic mass is 10.1. The molecule has 0 heterocycles. The summed E-state index contributed by atoms with van der Waals surface area (Å²) in [4.78, 5) is 1.93. The van der Waals surface area contributed by atoms with Gasteiger partial charge in [0.2, 0.25) is 0 Å². The van der Waals surface area contributed by atoms with Gasteiger partial charge in [-0.1, -0.05) is 12.1 Å². The summed E-state index contributed by atoms with van der Waals surface area (Å²) in [6.45, 7) is 6.98. The minimum Gasteiger partial charge on any atom is -0.389 e. The second-order valence-electron chi connectivity index (χ2n) is 4.08. The van der Waals surface area contributed by atoms with Crippen molar-refractivity contribution in [1.82, 2.24) is 0 Å². The van der Waals surface area contributed by atoms with Crippen molar-refractivity contribution in [2.24, 2.45) is 0 Å². The Bertz CT molecular complexity index is 393. The van der Waals surface area contributed by atoms with Gasteiger partial charge in [0.15, 0.2) is 0 Å². The van der Waals surface area contributed by atoms with Crippen molar-refractivity contribution < 1.29 is 14.2 Å². The van der Waals surface area contributed by atoms with E-state index in [4.69, 9.17) is 4.74 Å². The van der Waals surface area contributed by atoms with Crippen LogP contribution < -0.4 is 4.90 Å². The summed E-state index contributed by atoms with van der Waals surface area (Å²) >= 11 is 0. The van der Waals surface area contributed by atoms with E-state index in [9.17, 15) is 9.50 Å². The van der Waals surface area contributed by atoms with Gasteiger partial charge in [0, 0.05) is 31.5 Å². The first-order valence-electron chi connectivity index (χ1n) is 5.93. The Morgan fingerprint density at radius 1 is 1.56 bits per heavy atom. The summed E-state index contributed by atoms with van der Waals surface area (Å²) in [6, 6.07) is 4.79. The van der Waals surface area contributed by atoms with Crippen LogP contribution in [0.15, 0.2) is 30.9 Å². The van der Waals surface area contributed by atoms with E-state index in [1.807, 2.05) is 4.90 Å². The maximum Gasteiger partial charge on any atom is 0.131 e. The van der Waals surface area contributed by atoms with E-state index in [1.165, 1.54) is 6.07 Å². The molecule has 0 saturated heterocycles. The molecule has 0 amide bonds. The minimum absolute atomic E-state index is 0.315. The summed E-state index contributed by atoms with van der Waals surface area (Å²) in [5.41, 5.74) is 0.998. The number of hydrogen-bond donors (Lipinski definition) is 1. The smallest absolute Gasteiger partial charge is 0.131 e. The van der Waals surface area contributed by atoms with Crippen LogP contribution in [0.5, 0.6) is 0 Å². The molecule has 0 radical (unpaired) electrons. The molecule has 0 aliphatic carbocycles. The molecule has 1 aromatic rings. The molecule has 1 aromatic carbocycles. The Morgan fingerprint density at radius 2 is 2.28 bits per heavy atom. The Hall–Kier alpha value is -1.39. The van der Waals surface area contributed by atoms with E-state index >= 15 is 0 Å². The van der Waals surface area contributed by atoms with Gasteiger partial charge in [0.1, 0.15) is 5.82 Å². The van der Waals surface area contributed by atoms with Crippen LogP contribution in [0, 0.1) is 5.82 Å². The highest BCUT2D eigenvalue weighted by Gasteiger charge is 2.17. The predicted octanol–water partition coefficient (Wildman–Crippen LogP) is 2.52. The maximum atomic E-state index is 13.8. The average Bonchev–Trinajstić information content (AvgIpc) is 2.33. The van der Waals surface area contributed by atoms with Gasteiger partial charge in [-0.15, -0.1) is 6.58 Å². The first-order valence-corrected chi connectivity index (χ1v) is 5.93. The van der Waals surface area contributed by atoms with Crippen molar-refractivity contribution in [3.63, 3.8) is 0 Å². The number of anilines is 1. The zero-order valence-corrected chi connectivity index (χ0v) is 10.9. The highest BCUT2D eigenvalue weighted by Crippen LogP contribution is 2.28. The van der Waals surface area contributed by atoms with Crippen LogP contribution in [0.4, 0.5) is 10.1 Å². The highest BCUT2D eigenvalue weighted by molar-refractivity contribution is 5.55. The number of ether oxygens (including phenoxy) is 1. The van der Waals surface area contributed by atoms with Crippen LogP contribution in [0.1, 0.15) is 18.6 Å². The first kappa shape index (κ1) is 14.7. The second kappa shape index (κ2) is 7.13. The zero-order valence-electron chi connectivity index (χ0n) is 10.9. The summed E-state index contributed by atoms with van der Waals surface area (Å²) in [6.07, 6.45) is 0.892. The third-order valence-electron chi connectivity index (χ3n) is 2.70. The molecule has 0 fully saturated rings. The van der Waals surface area contributed by atoms with E-state index in [1.54, 1.807) is 32.2 Å². The molecule has 4 heteroatoms. The monoisotopic (exact) mass is 253 g/mol. The molecule has 0 saturated carbocycles. The SMILES string of the molecule is C=CCN(CCOC)c1cccc(F)c1C(C)O. The third kappa shape index (κ3) is 3.55. The number of benzene rings is 1. The highest BCUT2D eigenvalue weighted by atomic mass is 19.1. The Labute approximate surface area is 107 Å². The average molecular weight is 253 g/mol. The molecule has 0 aromatic heterocycles. The second-order valence-corrected chi connectivity index (χ2v) is 4.08. The van der Waals surface area contributed by atoms with Crippen molar-refractivity contribution in [1.29, 1.82) is 0 Å². The zero-order chi connectivity index (χ0) is 13.5. The Morgan fingerprint density at radius 3 is 2.83 bits per heavy atom. The fraction of sp³-hybridized carbons (Fsp3) is 0.429. The first-order chi connectivity index (χ1) is 8.61. The molecule has 18 heavy (non-hydrogen) atoms. The molecule has 0 aliphatic rings. The van der Waals surface area contributed by atoms with E-state index < -0.39 is 11.9 Å². The third-order valence-corrected chi connectivity index (χ3v) is 2.70. The van der Waals surface area contributed by atoms with Crippen molar-refractivity contribution in [2.45, 2.75) is 13.0 Å². The number of halogens is 1. The molecular formula is C14H20FNO2. The van der Waals surface area contributed by atoms with Crippen LogP contribution in [-0.4, -0.2) is 31.9 Å². The molecule has 0 aliphatic heterocycles. The summed E-state index contributed by atoms with van der Waals surface area (Å²) in [7, 11) is 1.62. The maximum absolute atomic E-state index is 13.8. The number of aliphatic hydroxyl groups excluding tert-OH is 1. The van der Waals surface area contributed by atoms with Crippen LogP contribution in [0.3, 0.4) is 0 Å². The molecule has 3 nitrogen and oxygen atoms in total. The molecule has 1 rings (SSSR count). The molecular weight excluding hydrogens is 233 g/mol. The van der Waals surface area contributed by atoms with Gasteiger partial charge < -0.3 is 14.7 Å². The van der Waals surface area contributed by atoms with Gasteiger partial charge in [-0.2, -0.15) is 0 Å². The fourth-order valence-corrected chi connectivity index (χ4v) is 1.88. The van der Waals surface area contributed by atoms with Gasteiger partial charge in [-0.25, -0.2) is 4.39 Å². The molecule has 0 bridgehead atoms. The van der Waals surface area contributed by atoms with Crippen molar-refractivity contribution in [3.05, 3.63) is 42.2 Å². The predicted molar refractivity (Wildman–Crippen MR) is 71.3 cm³/mol. The van der Waals surface area contributed by atoms with E-state index in [0.717, 1.165) is 0 Å². The minimum atomic E-state index is -0.851. The fourth-order valence-electron chi connectivity index (χ4n) is 1.88. The van der Waals surface area contributed by atoms with Gasteiger partial charge in [0.25, 0.3) is 0 Å². The van der Waals surface area contributed by atoms with Crippen molar-refractivity contribution in [2.75, 3.05) is 31.7 Å². The standard InChI is InChI=1S/C14H20FNO2/c1-4-8-16(9-10-18-3)13-7-5-6-12(15)14(13)11(2)17/h4-7,11,17H,1,8-10H2,2-3H3. The summed E-state index contributed by atoms with van der Waals surface area (Å²) < 4.78 is 18.8. The van der Waals surface area contributed by atoms with Gasteiger partial charge in [0.05, 0.1) is 12.7 Å². The van der Waals surface area contributed by atoms with Gasteiger partial charge >= 0.3 is 0 Å². The van der Waals surface area contributed by atoms with Gasteiger partial charge in [-0.05, 0) is 19.1 Å². The Balaban J connectivity index is 3.09. The van der Waals surface area contributed by atoms with Crippen molar-refractivity contribution >= 4 is 5.69 Å². The van der Waals surface area contributed by atoms with Gasteiger partial charge in [-0.3, -0.25) is 0 Å². The summed E-state index contributed by atoms with van der Waals surface area (Å²) in [5.74, 6) is -0.394. The molecule has 0 spiro atoms. The number of methoxy groups -OCH3 is 1. The van der Waals surface area contributed by atoms with Crippen LogP contribution >= 0.6 is 0 Å². The largest absolute Gasteiger partial charge is 0.389 e. The number of rotatable bonds is 7. The molecule has 1 atom stereocenters. The van der Waals surface area contributed by atoms with Crippen LogP contribution in [0.25, 0.3) is 0 Å². The molecule has 1 unspecified atom stereocenters. The molecule has 1 N–H and O–H groups in total. The lowest BCUT2D eigenvalue weighted by molar-refractivity contribution is 0.193. The van der Waals surface area contributed by atoms with E-state index in [-0.39, 0.29) is 0 Å². The van der Waals surface area contributed by atoms with Crippen molar-refractivity contribution in [3.8, 4) is 0 Å². The lowest BCUT2D eigenvalue weighted by Crippen LogP contribution is -2.28. The van der Waals surface area contributed by atoms with Crippen LogP contribution in [0.2, 0.25) is 0 Å². The quantitative estimate of drug-likeness (QED) is 0.758. The summed E-state index contributed by atoms with van der Waals surface area (Å²) in [5, 5.41) is 9.70. The topological polar surface area (TPSA) is 32.7 Å². The number of aliphatic hydroxyl groups is 1. The van der Waals surface area contributed by atoms with Crippen LogP contribution in [-0.2, 0) is 4.74 Å². The number of nitrogens with zero attached hydrogens (tertiary/aromatic N) is 1. The molecule has 100 valence electrons. The normalized spacial score (nSPS) is 12.2. The number of hydrogen-bond acceptors (Lipinski definition) is 3. The lowest BCUT2D eigenvalue weighted by Gasteiger charge is -2.26. The van der Waals surface area contributed by atoms with E-state index in [0.29, 0.717) is 30.9 Å². The Kier molecular flexibility index (Phi) is 5.82.